The summed E-state index contributed by atoms with van der Waals surface area (Å²) >= 11 is 0. The van der Waals surface area contributed by atoms with Crippen LogP contribution in [0.2, 0.25) is 0 Å². The van der Waals surface area contributed by atoms with Crippen molar-refractivity contribution in [1.29, 1.82) is 0 Å². The zero-order chi connectivity index (χ0) is 16.9. The van der Waals surface area contributed by atoms with Crippen LogP contribution in [0.3, 0.4) is 0 Å². The molecule has 1 amide bonds. The Hall–Kier alpha value is -2.27. The van der Waals surface area contributed by atoms with Crippen LogP contribution in [-0.4, -0.2) is 36.1 Å². The highest BCUT2D eigenvalue weighted by Crippen LogP contribution is 2.22. The highest BCUT2D eigenvalue weighted by molar-refractivity contribution is 5.75. The number of carbonyl (C=O) groups excluding carboxylic acids is 1. The van der Waals surface area contributed by atoms with Crippen LogP contribution in [0, 0.1) is 5.92 Å². The second-order valence-electron chi connectivity index (χ2n) is 6.42. The first-order valence-electron chi connectivity index (χ1n) is 8.38. The monoisotopic (exact) mass is 327 g/mol. The van der Waals surface area contributed by atoms with Crippen LogP contribution in [0.5, 0.6) is 5.75 Å². The minimum absolute atomic E-state index is 0.108. The average Bonchev–Trinajstić information content (AvgIpc) is 2.94. The molecule has 24 heavy (non-hydrogen) atoms. The van der Waals surface area contributed by atoms with Crippen LogP contribution >= 0.6 is 0 Å². The molecule has 0 aliphatic carbocycles. The van der Waals surface area contributed by atoms with E-state index < -0.39 is 0 Å². The summed E-state index contributed by atoms with van der Waals surface area (Å²) in [4.78, 5) is 14.3. The Morgan fingerprint density at radius 2 is 2.17 bits per heavy atom. The number of hydrogen-bond acceptors (Lipinski definition) is 3. The number of nitrogens with zero attached hydrogens (tertiary/aromatic N) is 2. The third kappa shape index (κ3) is 3.97. The molecule has 5 nitrogen and oxygen atoms in total. The lowest BCUT2D eigenvalue weighted by Crippen LogP contribution is -2.31. The largest absolute Gasteiger partial charge is 0.497 e. The normalized spacial score (nSPS) is 17.8. The van der Waals surface area contributed by atoms with Gasteiger partial charge in [0.25, 0.3) is 0 Å². The van der Waals surface area contributed by atoms with Crippen LogP contribution in [0.4, 0.5) is 0 Å². The van der Waals surface area contributed by atoms with E-state index in [1.165, 1.54) is 11.3 Å². The number of nitrogens with one attached hydrogen (secondary N) is 1. The van der Waals surface area contributed by atoms with Gasteiger partial charge in [0, 0.05) is 51.5 Å². The molecule has 0 radical (unpaired) electrons. The number of methoxy groups -OCH3 is 1. The molecule has 3 rings (SSSR count). The van der Waals surface area contributed by atoms with Crippen LogP contribution in [-0.2, 0) is 24.4 Å². The van der Waals surface area contributed by atoms with Gasteiger partial charge >= 0.3 is 0 Å². The third-order valence-corrected chi connectivity index (χ3v) is 4.57. The Morgan fingerprint density at radius 1 is 1.29 bits per heavy atom. The summed E-state index contributed by atoms with van der Waals surface area (Å²) in [5.74, 6) is 1.30. The minimum Gasteiger partial charge on any atom is -0.497 e. The summed E-state index contributed by atoms with van der Waals surface area (Å²) in [6.07, 6.45) is 2.67. The maximum Gasteiger partial charge on any atom is 0.220 e. The summed E-state index contributed by atoms with van der Waals surface area (Å²) in [6.45, 7) is 3.55. The van der Waals surface area contributed by atoms with Crippen molar-refractivity contribution in [2.24, 2.45) is 5.92 Å². The first-order chi connectivity index (χ1) is 11.7. The average molecular weight is 327 g/mol. The number of ether oxygens (including phenoxy) is 1. The van der Waals surface area contributed by atoms with Crippen LogP contribution < -0.4 is 10.1 Å². The molecule has 0 spiro atoms. The molecule has 128 valence electrons. The van der Waals surface area contributed by atoms with Crippen molar-refractivity contribution in [2.75, 3.05) is 20.7 Å². The molecule has 0 saturated carbocycles. The highest BCUT2D eigenvalue weighted by Gasteiger charge is 2.23. The first-order valence-corrected chi connectivity index (χ1v) is 8.38. The second-order valence-corrected chi connectivity index (χ2v) is 6.42. The Bertz CT molecular complexity index is 695. The maximum atomic E-state index is 11.8. The van der Waals surface area contributed by atoms with E-state index in [1.54, 1.807) is 14.2 Å². The van der Waals surface area contributed by atoms with E-state index in [2.05, 4.69) is 45.2 Å². The van der Waals surface area contributed by atoms with Crippen LogP contribution in [0.25, 0.3) is 0 Å². The Labute approximate surface area is 143 Å². The van der Waals surface area contributed by atoms with Gasteiger partial charge in [0.2, 0.25) is 5.91 Å². The van der Waals surface area contributed by atoms with Crippen LogP contribution in [0.1, 0.15) is 17.7 Å². The van der Waals surface area contributed by atoms with Gasteiger partial charge in [-0.15, -0.1) is 0 Å². The molecule has 2 aromatic rings. The quantitative estimate of drug-likeness (QED) is 0.916. The van der Waals surface area contributed by atoms with E-state index in [1.807, 2.05) is 12.1 Å². The SMILES string of the molecule is CNC(=O)C[C@H]1CN(Cc2cccc(OC)c2)Cc2cccn2C1. The van der Waals surface area contributed by atoms with Gasteiger partial charge in [0.15, 0.2) is 0 Å². The van der Waals surface area contributed by atoms with Gasteiger partial charge in [0.1, 0.15) is 5.75 Å². The second kappa shape index (κ2) is 7.53. The summed E-state index contributed by atoms with van der Waals surface area (Å²) in [6, 6.07) is 12.4. The summed E-state index contributed by atoms with van der Waals surface area (Å²) in [5, 5.41) is 2.75. The number of fused-ring (bicyclic) bond motifs is 1. The minimum atomic E-state index is 0.108. The fourth-order valence-electron chi connectivity index (χ4n) is 3.41. The smallest absolute Gasteiger partial charge is 0.220 e. The van der Waals surface area contributed by atoms with E-state index in [-0.39, 0.29) is 5.91 Å². The fraction of sp³-hybridized carbons (Fsp3) is 0.421. The summed E-state index contributed by atoms with van der Waals surface area (Å²) in [7, 11) is 3.39. The van der Waals surface area contributed by atoms with Crippen molar-refractivity contribution in [2.45, 2.75) is 26.1 Å². The van der Waals surface area contributed by atoms with E-state index in [0.717, 1.165) is 31.9 Å². The highest BCUT2D eigenvalue weighted by atomic mass is 16.5. The number of benzene rings is 1. The number of rotatable bonds is 5. The summed E-state index contributed by atoms with van der Waals surface area (Å²) in [5.41, 5.74) is 2.53. The zero-order valence-corrected chi connectivity index (χ0v) is 14.4. The number of amides is 1. The van der Waals surface area contributed by atoms with Crippen LogP contribution in [0.15, 0.2) is 42.6 Å². The predicted octanol–water partition coefficient (Wildman–Crippen LogP) is 2.26. The standard InChI is InChI=1S/C19H25N3O2/c1-20-19(23)10-16-12-21(14-17-6-4-8-22(17)13-16)11-15-5-3-7-18(9-15)24-2/h3-9,16H,10-14H2,1-2H3,(H,20,23)/t16-/m0/s1. The molecular weight excluding hydrogens is 302 g/mol. The van der Waals surface area contributed by atoms with Gasteiger partial charge in [-0.1, -0.05) is 12.1 Å². The lowest BCUT2D eigenvalue weighted by Gasteiger charge is -2.24. The van der Waals surface area contributed by atoms with E-state index in [4.69, 9.17) is 4.74 Å². The van der Waals surface area contributed by atoms with Crippen molar-refractivity contribution in [1.82, 2.24) is 14.8 Å². The Morgan fingerprint density at radius 3 is 2.96 bits per heavy atom. The molecule has 1 aliphatic heterocycles. The molecule has 0 bridgehead atoms. The number of hydrogen-bond donors (Lipinski definition) is 1. The maximum absolute atomic E-state index is 11.8. The first kappa shape index (κ1) is 16.6. The Kier molecular flexibility index (Phi) is 5.20. The number of aromatic nitrogens is 1. The molecule has 0 fully saturated rings. The zero-order valence-electron chi connectivity index (χ0n) is 14.4. The van der Waals surface area contributed by atoms with E-state index >= 15 is 0 Å². The van der Waals surface area contributed by atoms with E-state index in [9.17, 15) is 4.79 Å². The number of carbonyl (C=O) groups is 1. The van der Waals surface area contributed by atoms with Crippen molar-refractivity contribution < 1.29 is 9.53 Å². The van der Waals surface area contributed by atoms with Crippen molar-refractivity contribution in [3.05, 3.63) is 53.9 Å². The van der Waals surface area contributed by atoms with Gasteiger partial charge in [-0.25, -0.2) is 0 Å². The Balaban J connectivity index is 1.77. The lowest BCUT2D eigenvalue weighted by atomic mass is 10.0. The molecule has 0 unspecified atom stereocenters. The molecule has 1 aliphatic rings. The predicted molar refractivity (Wildman–Crippen MR) is 93.7 cm³/mol. The van der Waals surface area contributed by atoms with Gasteiger partial charge in [-0.3, -0.25) is 9.69 Å². The fourth-order valence-corrected chi connectivity index (χ4v) is 3.41. The van der Waals surface area contributed by atoms with Gasteiger partial charge in [-0.05, 0) is 35.7 Å². The van der Waals surface area contributed by atoms with Crippen molar-refractivity contribution >= 4 is 5.91 Å². The molecule has 1 atom stereocenters. The van der Waals surface area contributed by atoms with E-state index in [0.29, 0.717) is 12.3 Å². The molecule has 1 N–H and O–H groups in total. The van der Waals surface area contributed by atoms with Gasteiger partial charge in [-0.2, -0.15) is 0 Å². The lowest BCUT2D eigenvalue weighted by molar-refractivity contribution is -0.121. The molecule has 0 saturated heterocycles. The molecule has 1 aromatic carbocycles. The molecule has 2 heterocycles. The molecule has 5 heteroatoms. The van der Waals surface area contributed by atoms with Crippen molar-refractivity contribution in [3.8, 4) is 5.75 Å². The topological polar surface area (TPSA) is 46.5 Å². The molecule has 1 aromatic heterocycles. The molecular formula is C19H25N3O2. The van der Waals surface area contributed by atoms with Gasteiger partial charge < -0.3 is 14.6 Å². The van der Waals surface area contributed by atoms with Gasteiger partial charge in [0.05, 0.1) is 7.11 Å². The summed E-state index contributed by atoms with van der Waals surface area (Å²) < 4.78 is 7.60. The van der Waals surface area contributed by atoms with Crippen molar-refractivity contribution in [3.63, 3.8) is 0 Å². The third-order valence-electron chi connectivity index (χ3n) is 4.57.